The lowest BCUT2D eigenvalue weighted by atomic mass is 10.2. The fraction of sp³-hybridized carbons (Fsp3) is 0.300. The van der Waals surface area contributed by atoms with E-state index in [0.717, 1.165) is 34.3 Å². The Balaban J connectivity index is 1.76. The summed E-state index contributed by atoms with van der Waals surface area (Å²) in [6.45, 7) is 7.42. The first kappa shape index (κ1) is 19.1. The van der Waals surface area contributed by atoms with Gasteiger partial charge in [-0.15, -0.1) is 10.2 Å². The van der Waals surface area contributed by atoms with Gasteiger partial charge in [0.15, 0.2) is 11.0 Å². The van der Waals surface area contributed by atoms with Crippen molar-refractivity contribution in [2.75, 3.05) is 17.2 Å². The zero-order chi connectivity index (χ0) is 19.2. The normalized spacial score (nSPS) is 10.8. The summed E-state index contributed by atoms with van der Waals surface area (Å²) in [5.41, 5.74) is 3.02. The summed E-state index contributed by atoms with van der Waals surface area (Å²) in [4.78, 5) is 18.7. The summed E-state index contributed by atoms with van der Waals surface area (Å²) >= 11 is 1.42. The monoisotopic (exact) mass is 381 g/mol. The molecule has 0 saturated heterocycles. The fourth-order valence-electron chi connectivity index (χ4n) is 2.95. The van der Waals surface area contributed by atoms with Crippen LogP contribution in [0, 0.1) is 6.92 Å². The highest BCUT2D eigenvalue weighted by Gasteiger charge is 2.19. The Kier molecular flexibility index (Phi) is 6.24. The van der Waals surface area contributed by atoms with Gasteiger partial charge in [0.1, 0.15) is 0 Å². The average molecular weight is 382 g/mol. The molecule has 0 bridgehead atoms. The number of aromatic nitrogens is 4. The van der Waals surface area contributed by atoms with Gasteiger partial charge in [-0.2, -0.15) is 0 Å². The van der Waals surface area contributed by atoms with E-state index < -0.39 is 0 Å². The summed E-state index contributed by atoms with van der Waals surface area (Å²) < 4.78 is 2.03. The molecule has 0 N–H and O–H groups in total. The van der Waals surface area contributed by atoms with Gasteiger partial charge in [-0.25, -0.2) is 0 Å². The van der Waals surface area contributed by atoms with Gasteiger partial charge in [0.25, 0.3) is 0 Å². The third kappa shape index (κ3) is 4.19. The first-order chi connectivity index (χ1) is 13.2. The lowest BCUT2D eigenvalue weighted by Gasteiger charge is -2.22. The molecule has 3 aromatic rings. The van der Waals surface area contributed by atoms with Gasteiger partial charge in [0, 0.05) is 36.7 Å². The van der Waals surface area contributed by atoms with Crippen LogP contribution in [-0.2, 0) is 11.3 Å². The SMILES string of the molecule is CCN(C(=O)CSc1nnc(-c2ccncc2)n1CC)c1ccccc1C. The van der Waals surface area contributed by atoms with Crippen molar-refractivity contribution in [1.82, 2.24) is 19.7 Å². The molecule has 0 saturated carbocycles. The molecule has 0 radical (unpaired) electrons. The molecule has 7 heteroatoms. The van der Waals surface area contributed by atoms with E-state index >= 15 is 0 Å². The second-order valence-electron chi connectivity index (χ2n) is 6.00. The number of anilines is 1. The molecule has 0 unspecified atom stereocenters. The molecular formula is C20H23N5OS. The molecule has 27 heavy (non-hydrogen) atoms. The fourth-order valence-corrected chi connectivity index (χ4v) is 3.82. The molecular weight excluding hydrogens is 358 g/mol. The van der Waals surface area contributed by atoms with Gasteiger partial charge in [0.2, 0.25) is 5.91 Å². The Labute approximate surface area is 163 Å². The Bertz CT molecular complexity index is 910. The third-order valence-corrected chi connectivity index (χ3v) is 5.27. The van der Waals surface area contributed by atoms with Crippen LogP contribution in [-0.4, -0.2) is 38.0 Å². The van der Waals surface area contributed by atoms with E-state index in [-0.39, 0.29) is 5.91 Å². The van der Waals surface area contributed by atoms with Crippen molar-refractivity contribution in [2.45, 2.75) is 32.5 Å². The van der Waals surface area contributed by atoms with E-state index in [1.807, 2.05) is 66.6 Å². The highest BCUT2D eigenvalue weighted by atomic mass is 32.2. The van der Waals surface area contributed by atoms with Gasteiger partial charge < -0.3 is 9.47 Å². The van der Waals surface area contributed by atoms with Crippen LogP contribution in [0.25, 0.3) is 11.4 Å². The highest BCUT2D eigenvalue weighted by molar-refractivity contribution is 7.99. The molecule has 2 heterocycles. The summed E-state index contributed by atoms with van der Waals surface area (Å²) in [7, 11) is 0. The standard InChI is InChI=1S/C20H23N5OS/c1-4-24(17-9-7-6-8-15(17)3)18(26)14-27-20-23-22-19(25(20)5-2)16-10-12-21-13-11-16/h6-13H,4-5,14H2,1-3H3. The van der Waals surface area contributed by atoms with Crippen LogP contribution in [0.5, 0.6) is 0 Å². The molecule has 3 rings (SSSR count). The van der Waals surface area contributed by atoms with Crippen LogP contribution < -0.4 is 4.90 Å². The molecule has 2 aromatic heterocycles. The summed E-state index contributed by atoms with van der Waals surface area (Å²) in [6.07, 6.45) is 3.48. The van der Waals surface area contributed by atoms with Gasteiger partial charge in [-0.05, 0) is 44.5 Å². The van der Waals surface area contributed by atoms with E-state index in [1.165, 1.54) is 11.8 Å². The predicted octanol–water partition coefficient (Wildman–Crippen LogP) is 3.81. The Morgan fingerprint density at radius 2 is 1.85 bits per heavy atom. The summed E-state index contributed by atoms with van der Waals surface area (Å²) in [6, 6.07) is 11.8. The number of benzene rings is 1. The smallest absolute Gasteiger partial charge is 0.237 e. The minimum atomic E-state index is 0.0629. The second-order valence-corrected chi connectivity index (χ2v) is 6.94. The second kappa shape index (κ2) is 8.81. The average Bonchev–Trinajstić information content (AvgIpc) is 3.12. The molecule has 0 aliphatic carbocycles. The molecule has 0 atom stereocenters. The van der Waals surface area contributed by atoms with Crippen molar-refractivity contribution in [3.63, 3.8) is 0 Å². The Morgan fingerprint density at radius 3 is 2.52 bits per heavy atom. The zero-order valence-electron chi connectivity index (χ0n) is 15.8. The number of para-hydroxylation sites is 1. The Morgan fingerprint density at radius 1 is 1.11 bits per heavy atom. The van der Waals surface area contributed by atoms with Crippen LogP contribution in [0.3, 0.4) is 0 Å². The minimum Gasteiger partial charge on any atom is -0.312 e. The summed E-state index contributed by atoms with van der Waals surface area (Å²) in [5, 5.41) is 9.36. The quantitative estimate of drug-likeness (QED) is 0.582. The number of hydrogen-bond donors (Lipinski definition) is 0. The maximum absolute atomic E-state index is 12.8. The van der Waals surface area contributed by atoms with Crippen molar-refractivity contribution >= 4 is 23.4 Å². The molecule has 0 spiro atoms. The van der Waals surface area contributed by atoms with Crippen molar-refractivity contribution in [3.8, 4) is 11.4 Å². The lowest BCUT2D eigenvalue weighted by Crippen LogP contribution is -2.32. The van der Waals surface area contributed by atoms with E-state index in [0.29, 0.717) is 12.3 Å². The number of nitrogens with zero attached hydrogens (tertiary/aromatic N) is 5. The zero-order valence-corrected chi connectivity index (χ0v) is 16.6. The topological polar surface area (TPSA) is 63.9 Å². The number of pyridine rings is 1. The maximum Gasteiger partial charge on any atom is 0.237 e. The van der Waals surface area contributed by atoms with Crippen LogP contribution in [0.15, 0.2) is 53.9 Å². The van der Waals surface area contributed by atoms with Gasteiger partial charge in [0.05, 0.1) is 5.75 Å². The number of aryl methyl sites for hydroxylation is 1. The van der Waals surface area contributed by atoms with Crippen LogP contribution in [0.4, 0.5) is 5.69 Å². The van der Waals surface area contributed by atoms with Gasteiger partial charge in [-0.3, -0.25) is 9.78 Å². The van der Waals surface area contributed by atoms with Crippen molar-refractivity contribution < 1.29 is 4.79 Å². The van der Waals surface area contributed by atoms with Crippen molar-refractivity contribution in [2.24, 2.45) is 0 Å². The van der Waals surface area contributed by atoms with Crippen LogP contribution in [0.2, 0.25) is 0 Å². The lowest BCUT2D eigenvalue weighted by molar-refractivity contribution is -0.116. The van der Waals surface area contributed by atoms with Crippen molar-refractivity contribution in [3.05, 3.63) is 54.4 Å². The first-order valence-corrected chi connectivity index (χ1v) is 9.96. The van der Waals surface area contributed by atoms with Crippen LogP contribution >= 0.6 is 11.8 Å². The number of carbonyl (C=O) groups is 1. The molecule has 1 aromatic carbocycles. The van der Waals surface area contributed by atoms with Crippen molar-refractivity contribution in [1.29, 1.82) is 0 Å². The summed E-state index contributed by atoms with van der Waals surface area (Å²) in [5.74, 6) is 1.17. The largest absolute Gasteiger partial charge is 0.312 e. The van der Waals surface area contributed by atoms with E-state index in [1.54, 1.807) is 12.4 Å². The predicted molar refractivity (Wildman–Crippen MR) is 109 cm³/mol. The highest BCUT2D eigenvalue weighted by Crippen LogP contribution is 2.25. The number of carbonyl (C=O) groups excluding carboxylic acids is 1. The molecule has 0 aliphatic rings. The first-order valence-electron chi connectivity index (χ1n) is 8.98. The number of amides is 1. The molecule has 0 aliphatic heterocycles. The molecule has 1 amide bonds. The minimum absolute atomic E-state index is 0.0629. The molecule has 6 nitrogen and oxygen atoms in total. The third-order valence-electron chi connectivity index (χ3n) is 4.32. The number of rotatable bonds is 7. The maximum atomic E-state index is 12.8. The van der Waals surface area contributed by atoms with Crippen LogP contribution in [0.1, 0.15) is 19.4 Å². The number of hydrogen-bond acceptors (Lipinski definition) is 5. The van der Waals surface area contributed by atoms with E-state index in [9.17, 15) is 4.79 Å². The van der Waals surface area contributed by atoms with E-state index in [4.69, 9.17) is 0 Å². The van der Waals surface area contributed by atoms with E-state index in [2.05, 4.69) is 15.2 Å². The molecule has 140 valence electrons. The number of thioether (sulfide) groups is 1. The van der Waals surface area contributed by atoms with Gasteiger partial charge >= 0.3 is 0 Å². The Hall–Kier alpha value is -2.67. The van der Waals surface area contributed by atoms with Gasteiger partial charge in [-0.1, -0.05) is 30.0 Å². The molecule has 0 fully saturated rings.